The predicted octanol–water partition coefficient (Wildman–Crippen LogP) is 1.87. The number of aromatic nitrogens is 4. The topological polar surface area (TPSA) is 84.0 Å². The summed E-state index contributed by atoms with van der Waals surface area (Å²) >= 11 is 0. The summed E-state index contributed by atoms with van der Waals surface area (Å²) in [5.41, 5.74) is 3.09. The van der Waals surface area contributed by atoms with Crippen molar-refractivity contribution in [1.29, 1.82) is 0 Å². The Morgan fingerprint density at radius 1 is 1.03 bits per heavy atom. The van der Waals surface area contributed by atoms with E-state index in [4.69, 9.17) is 0 Å². The second-order valence-electron chi connectivity index (χ2n) is 7.61. The average molecular weight is 402 g/mol. The first-order chi connectivity index (χ1) is 14.7. The van der Waals surface area contributed by atoms with Gasteiger partial charge in [-0.25, -0.2) is 9.97 Å². The molecule has 0 saturated carbocycles. The van der Waals surface area contributed by atoms with Crippen LogP contribution in [0.1, 0.15) is 34.6 Å². The molecule has 0 aliphatic carbocycles. The lowest BCUT2D eigenvalue weighted by molar-refractivity contribution is 0.0945. The first-order valence-electron chi connectivity index (χ1n) is 10.1. The van der Waals surface area contributed by atoms with Crippen molar-refractivity contribution in [3.63, 3.8) is 0 Å². The summed E-state index contributed by atoms with van der Waals surface area (Å²) in [5.74, 6) is -0.398. The first kappa shape index (κ1) is 18.5. The van der Waals surface area contributed by atoms with E-state index >= 15 is 0 Å². The number of amides is 1. The predicted molar refractivity (Wildman–Crippen MR) is 112 cm³/mol. The van der Waals surface area contributed by atoms with E-state index in [0.29, 0.717) is 5.65 Å². The number of rotatable bonds is 5. The summed E-state index contributed by atoms with van der Waals surface area (Å²) in [6.07, 6.45) is 8.19. The number of pyridine rings is 2. The van der Waals surface area contributed by atoms with E-state index in [1.165, 1.54) is 28.9 Å². The molecule has 1 amide bonds. The molecule has 8 heteroatoms. The number of hydrogen-bond acceptors (Lipinski definition) is 5. The standard InChI is InChI=1S/C22H22N6O2/c29-21-11-18(25-20-5-1-2-10-28(20)21)22(30)23-12-17-15-27-14-16(6-7-19(27)24-17)13-26-8-3-4-9-26/h1-2,5-7,10-11,14-15H,3-4,8-9,12-13H2,(H,23,30). The van der Waals surface area contributed by atoms with E-state index in [9.17, 15) is 9.59 Å². The van der Waals surface area contributed by atoms with Crippen LogP contribution >= 0.6 is 0 Å². The van der Waals surface area contributed by atoms with Crippen molar-refractivity contribution in [2.24, 2.45) is 0 Å². The Balaban J connectivity index is 1.29. The fourth-order valence-electron chi connectivity index (χ4n) is 3.90. The van der Waals surface area contributed by atoms with Gasteiger partial charge in [-0.2, -0.15) is 0 Å². The van der Waals surface area contributed by atoms with Gasteiger partial charge in [-0.3, -0.25) is 18.9 Å². The third kappa shape index (κ3) is 3.69. The number of imidazole rings is 1. The monoisotopic (exact) mass is 402 g/mol. The Labute approximate surface area is 172 Å². The van der Waals surface area contributed by atoms with Gasteiger partial charge < -0.3 is 9.72 Å². The van der Waals surface area contributed by atoms with Gasteiger partial charge in [0.2, 0.25) is 0 Å². The quantitative estimate of drug-likeness (QED) is 0.551. The minimum atomic E-state index is -0.398. The maximum absolute atomic E-state index is 12.5. The molecule has 0 spiro atoms. The summed E-state index contributed by atoms with van der Waals surface area (Å²) < 4.78 is 3.40. The van der Waals surface area contributed by atoms with Crippen LogP contribution in [0.2, 0.25) is 0 Å². The van der Waals surface area contributed by atoms with Crippen LogP contribution in [0.25, 0.3) is 11.3 Å². The van der Waals surface area contributed by atoms with Crippen molar-refractivity contribution < 1.29 is 4.79 Å². The smallest absolute Gasteiger partial charge is 0.270 e. The van der Waals surface area contributed by atoms with Crippen LogP contribution in [0.4, 0.5) is 0 Å². The van der Waals surface area contributed by atoms with E-state index in [-0.39, 0.29) is 17.8 Å². The molecule has 1 N–H and O–H groups in total. The maximum atomic E-state index is 12.5. The summed E-state index contributed by atoms with van der Waals surface area (Å²) in [7, 11) is 0. The molecule has 1 aliphatic rings. The fraction of sp³-hybridized carbons (Fsp3) is 0.273. The third-order valence-electron chi connectivity index (χ3n) is 5.40. The van der Waals surface area contributed by atoms with E-state index < -0.39 is 5.91 Å². The van der Waals surface area contributed by atoms with Crippen LogP contribution in [0.15, 0.2) is 59.8 Å². The number of carbonyl (C=O) groups excluding carboxylic acids is 1. The summed E-state index contributed by atoms with van der Waals surface area (Å²) in [6.45, 7) is 3.53. The lowest BCUT2D eigenvalue weighted by atomic mass is 10.2. The molecule has 1 saturated heterocycles. The zero-order valence-corrected chi connectivity index (χ0v) is 16.5. The van der Waals surface area contributed by atoms with Crippen LogP contribution in [0, 0.1) is 0 Å². The number of nitrogens with one attached hydrogen (secondary N) is 1. The number of fused-ring (bicyclic) bond motifs is 2. The molecule has 4 aromatic rings. The van der Waals surface area contributed by atoms with Gasteiger partial charge in [0.25, 0.3) is 11.5 Å². The van der Waals surface area contributed by atoms with Crippen LogP contribution in [0.3, 0.4) is 0 Å². The number of nitrogens with zero attached hydrogens (tertiary/aromatic N) is 5. The van der Waals surface area contributed by atoms with Gasteiger partial charge in [-0.05, 0) is 49.7 Å². The summed E-state index contributed by atoms with van der Waals surface area (Å²) in [5, 5.41) is 2.81. The molecule has 5 heterocycles. The van der Waals surface area contributed by atoms with E-state index in [1.807, 2.05) is 16.7 Å². The highest BCUT2D eigenvalue weighted by atomic mass is 16.2. The Morgan fingerprint density at radius 2 is 1.90 bits per heavy atom. The van der Waals surface area contributed by atoms with Gasteiger partial charge in [-0.15, -0.1) is 0 Å². The average Bonchev–Trinajstić information content (AvgIpc) is 3.41. The second-order valence-corrected chi connectivity index (χ2v) is 7.61. The molecule has 5 rings (SSSR count). The van der Waals surface area contributed by atoms with Gasteiger partial charge in [0.1, 0.15) is 17.0 Å². The van der Waals surface area contributed by atoms with E-state index in [2.05, 4.69) is 32.4 Å². The lowest BCUT2D eigenvalue weighted by Crippen LogP contribution is -2.27. The van der Waals surface area contributed by atoms with E-state index in [1.54, 1.807) is 24.4 Å². The van der Waals surface area contributed by atoms with Gasteiger partial charge >= 0.3 is 0 Å². The largest absolute Gasteiger partial charge is 0.345 e. The number of carbonyl (C=O) groups is 1. The Hall–Kier alpha value is -3.52. The number of likely N-dealkylation sites (tertiary alicyclic amines) is 1. The Kier molecular flexibility index (Phi) is 4.76. The molecule has 1 aliphatic heterocycles. The van der Waals surface area contributed by atoms with Gasteiger partial charge in [0.15, 0.2) is 0 Å². The third-order valence-corrected chi connectivity index (χ3v) is 5.40. The normalized spacial score (nSPS) is 14.5. The van der Waals surface area contributed by atoms with Crippen LogP contribution in [-0.4, -0.2) is 42.7 Å². The molecule has 0 atom stereocenters. The van der Waals surface area contributed by atoms with Gasteiger partial charge in [0.05, 0.1) is 12.2 Å². The van der Waals surface area contributed by atoms with E-state index in [0.717, 1.165) is 31.0 Å². The first-order valence-corrected chi connectivity index (χ1v) is 10.1. The molecule has 4 aromatic heterocycles. The molecule has 0 unspecified atom stereocenters. The van der Waals surface area contributed by atoms with Crippen molar-refractivity contribution >= 4 is 17.2 Å². The molecule has 8 nitrogen and oxygen atoms in total. The van der Waals surface area contributed by atoms with Crippen molar-refractivity contribution in [3.05, 3.63) is 82.3 Å². The molecular weight excluding hydrogens is 380 g/mol. The minimum Gasteiger partial charge on any atom is -0.345 e. The molecule has 0 bridgehead atoms. The van der Waals surface area contributed by atoms with Crippen molar-refractivity contribution in [2.75, 3.05) is 13.1 Å². The summed E-state index contributed by atoms with van der Waals surface area (Å²) in [6, 6.07) is 10.6. The van der Waals surface area contributed by atoms with Crippen molar-refractivity contribution in [3.8, 4) is 0 Å². The molecule has 1 fully saturated rings. The second kappa shape index (κ2) is 7.72. The highest BCUT2D eigenvalue weighted by Crippen LogP contribution is 2.14. The molecule has 0 aromatic carbocycles. The SMILES string of the molecule is O=C(NCc1cn2cc(CN3CCCC3)ccc2n1)c1cc(=O)n2ccccc2n1. The summed E-state index contributed by atoms with van der Waals surface area (Å²) in [4.78, 5) is 36.0. The van der Waals surface area contributed by atoms with Crippen LogP contribution < -0.4 is 10.9 Å². The molecule has 152 valence electrons. The fourth-order valence-corrected chi connectivity index (χ4v) is 3.90. The highest BCUT2D eigenvalue weighted by molar-refractivity contribution is 5.92. The number of hydrogen-bond donors (Lipinski definition) is 1. The van der Waals surface area contributed by atoms with Crippen molar-refractivity contribution in [1.82, 2.24) is 29.0 Å². The Morgan fingerprint density at radius 3 is 2.77 bits per heavy atom. The van der Waals surface area contributed by atoms with Crippen LogP contribution in [0.5, 0.6) is 0 Å². The minimum absolute atomic E-state index is 0.0999. The zero-order valence-electron chi connectivity index (χ0n) is 16.5. The lowest BCUT2D eigenvalue weighted by Gasteiger charge is -2.14. The molecule has 30 heavy (non-hydrogen) atoms. The molecule has 0 radical (unpaired) electrons. The van der Waals surface area contributed by atoms with Gasteiger partial charge in [0, 0.05) is 31.2 Å². The van der Waals surface area contributed by atoms with Crippen molar-refractivity contribution in [2.45, 2.75) is 25.9 Å². The van der Waals surface area contributed by atoms with Gasteiger partial charge in [-0.1, -0.05) is 12.1 Å². The highest BCUT2D eigenvalue weighted by Gasteiger charge is 2.13. The van der Waals surface area contributed by atoms with Crippen LogP contribution in [-0.2, 0) is 13.1 Å². The molecular formula is C22H22N6O2. The maximum Gasteiger partial charge on any atom is 0.270 e. The zero-order chi connectivity index (χ0) is 20.5. The Bertz CT molecular complexity index is 1290.